The summed E-state index contributed by atoms with van der Waals surface area (Å²) < 4.78 is 15.4. The Bertz CT molecular complexity index is 412. The summed E-state index contributed by atoms with van der Waals surface area (Å²) in [5.74, 6) is 1.34. The molecule has 1 aromatic carbocycles. The predicted octanol–water partition coefficient (Wildman–Crippen LogP) is 1.69. The van der Waals surface area contributed by atoms with Crippen molar-refractivity contribution in [2.24, 2.45) is 0 Å². The number of methoxy groups -OCH3 is 2. The van der Waals surface area contributed by atoms with Gasteiger partial charge in [0.25, 0.3) is 5.91 Å². The van der Waals surface area contributed by atoms with Crippen LogP contribution in [0.3, 0.4) is 0 Å². The van der Waals surface area contributed by atoms with Crippen molar-refractivity contribution < 1.29 is 19.0 Å². The molecule has 5 nitrogen and oxygen atoms in total. The van der Waals surface area contributed by atoms with Crippen LogP contribution in [0.5, 0.6) is 11.5 Å². The van der Waals surface area contributed by atoms with Gasteiger partial charge >= 0.3 is 0 Å². The van der Waals surface area contributed by atoms with Gasteiger partial charge in [0.15, 0.2) is 0 Å². The minimum absolute atomic E-state index is 0.214. The zero-order valence-corrected chi connectivity index (χ0v) is 11.8. The van der Waals surface area contributed by atoms with E-state index in [1.165, 1.54) is 7.11 Å². The first kappa shape index (κ1) is 15.6. The second-order valence-electron chi connectivity index (χ2n) is 3.62. The van der Waals surface area contributed by atoms with E-state index in [0.29, 0.717) is 42.7 Å². The lowest BCUT2D eigenvalue weighted by Gasteiger charge is -2.10. The van der Waals surface area contributed by atoms with Gasteiger partial charge in [-0.25, -0.2) is 0 Å². The maximum atomic E-state index is 11.9. The van der Waals surface area contributed by atoms with E-state index < -0.39 is 0 Å². The molecule has 1 aromatic rings. The largest absolute Gasteiger partial charge is 0.497 e. The van der Waals surface area contributed by atoms with E-state index in [1.54, 1.807) is 25.3 Å². The minimum Gasteiger partial charge on any atom is -0.497 e. The number of hydrogen-bond acceptors (Lipinski definition) is 4. The molecule has 0 aliphatic rings. The van der Waals surface area contributed by atoms with Gasteiger partial charge in [-0.05, 0) is 12.1 Å². The van der Waals surface area contributed by atoms with Gasteiger partial charge < -0.3 is 19.5 Å². The predicted molar refractivity (Wildman–Crippen MR) is 73.4 cm³/mol. The molecule has 19 heavy (non-hydrogen) atoms. The maximum absolute atomic E-state index is 11.9. The number of halogens is 1. The van der Waals surface area contributed by atoms with Gasteiger partial charge in [0.2, 0.25) is 0 Å². The fraction of sp³-hybridized carbons (Fsp3) is 0.462. The van der Waals surface area contributed by atoms with Crippen molar-refractivity contribution in [2.75, 3.05) is 39.9 Å². The molecular formula is C13H18ClNO4. The Balaban J connectivity index is 2.56. The molecule has 0 radical (unpaired) electrons. The Morgan fingerprint density at radius 1 is 1.26 bits per heavy atom. The number of amides is 1. The van der Waals surface area contributed by atoms with Crippen LogP contribution in [0.4, 0.5) is 0 Å². The maximum Gasteiger partial charge on any atom is 0.255 e. The molecule has 0 atom stereocenters. The number of hydrogen-bond donors (Lipinski definition) is 1. The van der Waals surface area contributed by atoms with Crippen molar-refractivity contribution >= 4 is 17.5 Å². The van der Waals surface area contributed by atoms with Crippen molar-refractivity contribution in [3.8, 4) is 11.5 Å². The highest BCUT2D eigenvalue weighted by atomic mass is 35.5. The van der Waals surface area contributed by atoms with Gasteiger partial charge in [0.1, 0.15) is 11.5 Å². The fourth-order valence-corrected chi connectivity index (χ4v) is 1.58. The number of nitrogens with one attached hydrogen (secondary N) is 1. The SMILES string of the molecule is COc1ccc(C(=O)NCCOCCCl)c(OC)c1. The Hall–Kier alpha value is -1.46. The number of alkyl halides is 1. The summed E-state index contributed by atoms with van der Waals surface area (Å²) in [6.07, 6.45) is 0. The molecule has 0 saturated carbocycles. The number of rotatable bonds is 8. The lowest BCUT2D eigenvalue weighted by molar-refractivity contribution is 0.0920. The first-order chi connectivity index (χ1) is 9.22. The van der Waals surface area contributed by atoms with Crippen LogP contribution >= 0.6 is 11.6 Å². The van der Waals surface area contributed by atoms with E-state index in [9.17, 15) is 4.79 Å². The highest BCUT2D eigenvalue weighted by Gasteiger charge is 2.12. The zero-order chi connectivity index (χ0) is 14.1. The first-order valence-corrected chi connectivity index (χ1v) is 6.40. The Morgan fingerprint density at radius 2 is 2.05 bits per heavy atom. The summed E-state index contributed by atoms with van der Waals surface area (Å²) in [5, 5.41) is 2.74. The van der Waals surface area contributed by atoms with Crippen LogP contribution in [0.1, 0.15) is 10.4 Å². The summed E-state index contributed by atoms with van der Waals surface area (Å²) in [6, 6.07) is 5.03. The molecule has 0 unspecified atom stereocenters. The third kappa shape index (κ3) is 4.96. The van der Waals surface area contributed by atoms with Crippen LogP contribution in [0, 0.1) is 0 Å². The number of benzene rings is 1. The fourth-order valence-electron chi connectivity index (χ4n) is 1.47. The molecule has 0 fully saturated rings. The Labute approximate surface area is 117 Å². The van der Waals surface area contributed by atoms with Gasteiger partial charge in [-0.3, -0.25) is 4.79 Å². The summed E-state index contributed by atoms with van der Waals surface area (Å²) >= 11 is 5.47. The zero-order valence-electron chi connectivity index (χ0n) is 11.1. The molecule has 1 N–H and O–H groups in total. The molecule has 1 rings (SSSR count). The van der Waals surface area contributed by atoms with E-state index in [2.05, 4.69) is 5.32 Å². The molecule has 0 aromatic heterocycles. The van der Waals surface area contributed by atoms with E-state index in [1.807, 2.05) is 0 Å². The quantitative estimate of drug-likeness (QED) is 0.584. The summed E-state index contributed by atoms with van der Waals surface area (Å²) in [7, 11) is 3.07. The molecule has 6 heteroatoms. The Kier molecular flexibility index (Phi) is 7.07. The Morgan fingerprint density at radius 3 is 2.68 bits per heavy atom. The smallest absolute Gasteiger partial charge is 0.255 e. The van der Waals surface area contributed by atoms with Crippen molar-refractivity contribution in [1.82, 2.24) is 5.32 Å². The van der Waals surface area contributed by atoms with E-state index >= 15 is 0 Å². The van der Waals surface area contributed by atoms with Gasteiger partial charge in [-0.1, -0.05) is 0 Å². The third-order valence-electron chi connectivity index (χ3n) is 2.41. The number of ether oxygens (including phenoxy) is 3. The average Bonchev–Trinajstić information content (AvgIpc) is 2.46. The number of carbonyl (C=O) groups is 1. The molecule has 0 saturated heterocycles. The second-order valence-corrected chi connectivity index (χ2v) is 4.00. The van der Waals surface area contributed by atoms with E-state index in [-0.39, 0.29) is 5.91 Å². The minimum atomic E-state index is -0.214. The van der Waals surface area contributed by atoms with Gasteiger partial charge in [0, 0.05) is 18.5 Å². The number of carbonyl (C=O) groups excluding carboxylic acids is 1. The van der Waals surface area contributed by atoms with Crippen LogP contribution in [-0.2, 0) is 4.74 Å². The molecular weight excluding hydrogens is 270 g/mol. The van der Waals surface area contributed by atoms with Crippen LogP contribution in [0.15, 0.2) is 18.2 Å². The van der Waals surface area contributed by atoms with E-state index in [4.69, 9.17) is 25.8 Å². The van der Waals surface area contributed by atoms with Crippen LogP contribution < -0.4 is 14.8 Å². The van der Waals surface area contributed by atoms with Crippen molar-refractivity contribution in [3.63, 3.8) is 0 Å². The molecule has 0 heterocycles. The average molecular weight is 288 g/mol. The van der Waals surface area contributed by atoms with Crippen LogP contribution in [0.2, 0.25) is 0 Å². The van der Waals surface area contributed by atoms with Gasteiger partial charge in [-0.15, -0.1) is 11.6 Å². The normalized spacial score (nSPS) is 10.1. The van der Waals surface area contributed by atoms with Gasteiger partial charge in [-0.2, -0.15) is 0 Å². The molecule has 0 spiro atoms. The highest BCUT2D eigenvalue weighted by molar-refractivity contribution is 6.17. The molecule has 106 valence electrons. The molecule has 0 aliphatic carbocycles. The third-order valence-corrected chi connectivity index (χ3v) is 2.56. The standard InChI is InChI=1S/C13H18ClNO4/c1-17-10-3-4-11(12(9-10)18-2)13(16)15-6-8-19-7-5-14/h3-4,9H,5-8H2,1-2H3,(H,15,16). The van der Waals surface area contributed by atoms with Crippen LogP contribution in [0.25, 0.3) is 0 Å². The van der Waals surface area contributed by atoms with Crippen molar-refractivity contribution in [2.45, 2.75) is 0 Å². The molecule has 0 aliphatic heterocycles. The first-order valence-electron chi connectivity index (χ1n) is 5.87. The summed E-state index contributed by atoms with van der Waals surface area (Å²) in [4.78, 5) is 11.9. The summed E-state index contributed by atoms with van der Waals surface area (Å²) in [6.45, 7) is 1.32. The van der Waals surface area contributed by atoms with Crippen molar-refractivity contribution in [1.29, 1.82) is 0 Å². The van der Waals surface area contributed by atoms with Gasteiger partial charge in [0.05, 0.1) is 33.0 Å². The molecule has 1 amide bonds. The van der Waals surface area contributed by atoms with Crippen molar-refractivity contribution in [3.05, 3.63) is 23.8 Å². The highest BCUT2D eigenvalue weighted by Crippen LogP contribution is 2.24. The van der Waals surface area contributed by atoms with Crippen LogP contribution in [-0.4, -0.2) is 45.8 Å². The lowest BCUT2D eigenvalue weighted by atomic mass is 10.1. The monoisotopic (exact) mass is 287 g/mol. The topological polar surface area (TPSA) is 56.8 Å². The summed E-state index contributed by atoms with van der Waals surface area (Å²) in [5.41, 5.74) is 0.459. The lowest BCUT2D eigenvalue weighted by Crippen LogP contribution is -2.27. The van der Waals surface area contributed by atoms with E-state index in [0.717, 1.165) is 0 Å². The second kappa shape index (κ2) is 8.61. The molecule has 0 bridgehead atoms.